The molecule has 220 valence electrons. The summed E-state index contributed by atoms with van der Waals surface area (Å²) in [6.45, 7) is 7.44. The molecule has 1 aliphatic rings. The molecular weight excluding hydrogens is 581 g/mol. The number of carbonyl (C=O) groups is 1. The van der Waals surface area contributed by atoms with Gasteiger partial charge in [0.25, 0.3) is 7.52 Å². The van der Waals surface area contributed by atoms with Crippen LogP contribution in [0.2, 0.25) is 0 Å². The van der Waals surface area contributed by atoms with Crippen LogP contribution in [-0.2, 0) is 20.1 Å². The van der Waals surface area contributed by atoms with Crippen LogP contribution in [0.4, 0.5) is 4.39 Å². The van der Waals surface area contributed by atoms with Crippen molar-refractivity contribution >= 4 is 38.2 Å². The number of hydrogen-bond acceptors (Lipinski definition) is 6. The summed E-state index contributed by atoms with van der Waals surface area (Å²) in [5.41, 5.74) is 2.34. The molecule has 12 heteroatoms. The highest BCUT2D eigenvalue weighted by molar-refractivity contribution is 7.64. The molecule has 0 bridgehead atoms. The zero-order valence-electron chi connectivity index (χ0n) is 23.6. The van der Waals surface area contributed by atoms with Gasteiger partial charge >= 0.3 is 0 Å². The molecule has 4 rings (SSSR count). The Kier molecular flexibility index (Phi) is 11.0. The molecule has 1 unspecified atom stereocenters. The van der Waals surface area contributed by atoms with Crippen LogP contribution in [-0.4, -0.2) is 43.2 Å². The molecule has 0 spiro atoms. The van der Waals surface area contributed by atoms with E-state index in [-0.39, 0.29) is 30.4 Å². The summed E-state index contributed by atoms with van der Waals surface area (Å²) in [5.74, 6) is -0.946. The molecule has 2 aromatic carbocycles. The third-order valence-corrected chi connectivity index (χ3v) is 12.6. The molecule has 0 radical (unpaired) electrons. The number of halogens is 1. The van der Waals surface area contributed by atoms with Gasteiger partial charge in [-0.05, 0) is 43.5 Å². The number of ketones is 1. The molecule has 1 aromatic heterocycles. The van der Waals surface area contributed by atoms with Gasteiger partial charge in [0.15, 0.2) is 5.78 Å². The van der Waals surface area contributed by atoms with E-state index >= 15 is 4.39 Å². The Morgan fingerprint density at radius 3 is 2.54 bits per heavy atom. The number of nitrogens with zero attached hydrogens (tertiary/aromatic N) is 1. The van der Waals surface area contributed by atoms with Crippen LogP contribution in [0, 0.1) is 12.7 Å². The maximum absolute atomic E-state index is 15.2. The lowest BCUT2D eigenvalue weighted by Crippen LogP contribution is -2.24. The van der Waals surface area contributed by atoms with Crippen molar-refractivity contribution in [1.29, 1.82) is 0 Å². The summed E-state index contributed by atoms with van der Waals surface area (Å²) in [4.78, 5) is 18.7. The Hall–Kier alpha value is -2.29. The van der Waals surface area contributed by atoms with E-state index in [9.17, 15) is 13.9 Å². The predicted molar refractivity (Wildman–Crippen MR) is 165 cm³/mol. The highest BCUT2D eigenvalue weighted by Crippen LogP contribution is 2.53. The van der Waals surface area contributed by atoms with Crippen molar-refractivity contribution in [2.45, 2.75) is 40.0 Å². The maximum Gasteiger partial charge on any atom is 0.270 e. The van der Waals surface area contributed by atoms with Crippen molar-refractivity contribution in [1.82, 2.24) is 20.2 Å². The van der Waals surface area contributed by atoms with Crippen molar-refractivity contribution in [2.75, 3.05) is 32.4 Å². The topological polar surface area (TPSA) is 109 Å². The molecule has 1 atom stereocenters. The highest BCUT2D eigenvalue weighted by atomic mass is 32.1. The number of rotatable bonds is 14. The molecule has 3 N–H and O–H groups in total. The lowest BCUT2D eigenvalue weighted by molar-refractivity contribution is 0.0978. The Morgan fingerprint density at radius 2 is 1.90 bits per heavy atom. The summed E-state index contributed by atoms with van der Waals surface area (Å²) in [5, 5.41) is 10.4. The minimum atomic E-state index is -3.24. The van der Waals surface area contributed by atoms with Crippen LogP contribution in [0.5, 0.6) is 0 Å². The molecule has 2 heterocycles. The van der Waals surface area contributed by atoms with Crippen molar-refractivity contribution in [2.24, 2.45) is 0 Å². The first-order chi connectivity index (χ1) is 19.7. The second-order valence-electron chi connectivity index (χ2n) is 9.71. The normalized spacial score (nSPS) is 17.7. The van der Waals surface area contributed by atoms with Gasteiger partial charge in [-0.3, -0.25) is 24.1 Å². The van der Waals surface area contributed by atoms with Crippen LogP contribution in [0.3, 0.4) is 0 Å². The monoisotopic (exact) mass is 618 g/mol. The number of carbonyl (C=O) groups excluding carboxylic acids is 1. The lowest BCUT2D eigenvalue weighted by Gasteiger charge is -2.23. The second kappa shape index (κ2) is 14.3. The minimum Gasteiger partial charge on any atom is -0.316 e. The maximum atomic E-state index is 15.2. The smallest absolute Gasteiger partial charge is 0.270 e. The molecule has 1 saturated heterocycles. The van der Waals surface area contributed by atoms with Crippen LogP contribution < -0.4 is 15.3 Å². The minimum absolute atomic E-state index is 0.00871. The molecule has 0 saturated carbocycles. The molecule has 8 nitrogen and oxygen atoms in total. The average molecular weight is 619 g/mol. The van der Waals surface area contributed by atoms with Crippen molar-refractivity contribution < 1.29 is 22.8 Å². The molecular formula is C29H37FN4O4P2S. The number of nitrogens with one attached hydrogen (secondary N) is 3. The number of hydrogen-bond donors (Lipinski definition) is 3. The number of aromatic nitrogens is 1. The Bertz CT molecular complexity index is 1480. The van der Waals surface area contributed by atoms with Gasteiger partial charge in [0.2, 0.25) is 7.44 Å². The van der Waals surface area contributed by atoms with Crippen LogP contribution in [0.1, 0.15) is 53.2 Å². The standard InChI is InChI=1S/C29H37FN4O4P2S/c1-4-31-40(37,32-5-2)24(15-18-39(36)33-16-17-38-39)19-22-11-12-25(26(30)20-22)28(35)14-13-27-21(3)41-29(34-27)23-9-7-6-8-10-23/h6-12,19-20H,4-5,13-18H2,1-3H3,(H,33,36)(H2,31,32,37). The quantitative estimate of drug-likeness (QED) is 0.131. The fourth-order valence-corrected chi connectivity index (χ4v) is 9.70. The van der Waals surface area contributed by atoms with Crippen LogP contribution >= 0.6 is 26.3 Å². The SMILES string of the molecule is CCNP(=O)(NCC)C(=Cc1ccc(C(=O)CCc2nc(-c3ccccc3)sc2C)c(F)c1)CCP1(=O)NCCO1. The van der Waals surface area contributed by atoms with Crippen molar-refractivity contribution in [3.8, 4) is 10.6 Å². The van der Waals surface area contributed by atoms with Crippen molar-refractivity contribution in [3.63, 3.8) is 0 Å². The zero-order chi connectivity index (χ0) is 29.5. The van der Waals surface area contributed by atoms with E-state index in [2.05, 4.69) is 15.3 Å². The van der Waals surface area contributed by atoms with Gasteiger partial charge in [-0.2, -0.15) is 0 Å². The van der Waals surface area contributed by atoms with E-state index in [0.29, 0.717) is 43.5 Å². The van der Waals surface area contributed by atoms with Gasteiger partial charge in [0.1, 0.15) is 10.8 Å². The Balaban J connectivity index is 1.51. The van der Waals surface area contributed by atoms with E-state index in [0.717, 1.165) is 21.1 Å². The molecule has 0 aliphatic carbocycles. The zero-order valence-corrected chi connectivity index (χ0v) is 26.2. The molecule has 41 heavy (non-hydrogen) atoms. The Morgan fingerprint density at radius 1 is 1.17 bits per heavy atom. The van der Waals surface area contributed by atoms with Crippen LogP contribution in [0.25, 0.3) is 16.6 Å². The largest absolute Gasteiger partial charge is 0.316 e. The van der Waals surface area contributed by atoms with E-state index in [1.54, 1.807) is 23.5 Å². The third kappa shape index (κ3) is 8.17. The van der Waals surface area contributed by atoms with Gasteiger partial charge in [-0.1, -0.05) is 50.2 Å². The number of benzene rings is 2. The summed E-state index contributed by atoms with van der Waals surface area (Å²) >= 11 is 1.58. The summed E-state index contributed by atoms with van der Waals surface area (Å²) in [6.07, 6.45) is 2.59. The fourth-order valence-electron chi connectivity index (χ4n) is 4.66. The molecule has 3 aromatic rings. The molecule has 1 fully saturated rings. The number of aryl methyl sites for hydroxylation is 2. The third-order valence-electron chi connectivity index (χ3n) is 6.71. The highest BCUT2D eigenvalue weighted by Gasteiger charge is 2.32. The van der Waals surface area contributed by atoms with E-state index in [4.69, 9.17) is 9.51 Å². The lowest BCUT2D eigenvalue weighted by atomic mass is 10.0. The first-order valence-corrected chi connectivity index (χ1v) is 18.1. The molecule has 0 amide bonds. The van der Waals surface area contributed by atoms with E-state index in [1.165, 1.54) is 12.1 Å². The second-order valence-corrected chi connectivity index (χ2v) is 15.7. The van der Waals surface area contributed by atoms with E-state index < -0.39 is 20.8 Å². The predicted octanol–water partition coefficient (Wildman–Crippen LogP) is 7.03. The fraction of sp³-hybridized carbons (Fsp3) is 0.379. The number of Topliss-reactive ketones (excluding diaryl/α,β-unsaturated/α-hetero) is 1. The van der Waals surface area contributed by atoms with Crippen LogP contribution in [0.15, 0.2) is 53.8 Å². The summed E-state index contributed by atoms with van der Waals surface area (Å²) < 4.78 is 47.3. The first-order valence-electron chi connectivity index (χ1n) is 13.8. The average Bonchev–Trinajstić information content (AvgIpc) is 3.56. The number of allylic oxidation sites excluding steroid dienone is 1. The Labute approximate surface area is 245 Å². The van der Waals surface area contributed by atoms with Gasteiger partial charge in [-0.15, -0.1) is 11.3 Å². The van der Waals surface area contributed by atoms with Crippen molar-refractivity contribution in [3.05, 3.63) is 81.4 Å². The van der Waals surface area contributed by atoms with Gasteiger partial charge in [0, 0.05) is 48.0 Å². The number of thiazole rings is 1. The van der Waals surface area contributed by atoms with Gasteiger partial charge in [0.05, 0.1) is 17.9 Å². The van der Waals surface area contributed by atoms with E-state index in [1.807, 2.05) is 51.1 Å². The molecule has 1 aliphatic heterocycles. The first kappa shape index (κ1) is 31.6. The summed E-state index contributed by atoms with van der Waals surface area (Å²) in [6, 6.07) is 14.3. The van der Waals surface area contributed by atoms with Gasteiger partial charge < -0.3 is 4.52 Å². The summed E-state index contributed by atoms with van der Waals surface area (Å²) in [7, 11) is -6.25. The van der Waals surface area contributed by atoms with Gasteiger partial charge in [-0.25, -0.2) is 14.5 Å².